The fourth-order valence-corrected chi connectivity index (χ4v) is 5.01. The number of alkyl halides is 3. The Kier molecular flexibility index (Phi) is 4.68. The summed E-state index contributed by atoms with van der Waals surface area (Å²) in [5.74, 6) is 0.243. The fraction of sp³-hybridized carbons (Fsp3) is 0.588. The molecule has 0 saturated carbocycles. The van der Waals surface area contributed by atoms with Crippen LogP contribution in [0.3, 0.4) is 0 Å². The lowest BCUT2D eigenvalue weighted by molar-refractivity contribution is -0.0497. The van der Waals surface area contributed by atoms with E-state index in [9.17, 15) is 21.6 Å². The van der Waals surface area contributed by atoms with Gasteiger partial charge >= 0.3 is 15.5 Å². The van der Waals surface area contributed by atoms with Crippen LogP contribution in [0.4, 0.5) is 13.2 Å². The molecule has 1 saturated heterocycles. The molecule has 0 aromatic carbocycles. The molecule has 0 radical (unpaired) electrons. The Morgan fingerprint density at radius 3 is 2.52 bits per heavy atom. The van der Waals surface area contributed by atoms with Crippen molar-refractivity contribution in [2.45, 2.75) is 37.9 Å². The number of imidazole rings is 1. The molecule has 2 aliphatic rings. The number of halogens is 3. The Bertz CT molecular complexity index is 933. The molecule has 1 fully saturated rings. The molecular weight excluding hydrogens is 381 g/mol. The van der Waals surface area contributed by atoms with Crippen LogP contribution in [-0.2, 0) is 23.1 Å². The molecule has 6 nitrogen and oxygen atoms in total. The van der Waals surface area contributed by atoms with Gasteiger partial charge in [0.05, 0.1) is 11.9 Å². The molecule has 0 amide bonds. The van der Waals surface area contributed by atoms with Gasteiger partial charge in [-0.2, -0.15) is 17.5 Å². The molecule has 4 rings (SSSR count). The van der Waals surface area contributed by atoms with Gasteiger partial charge in [-0.3, -0.25) is 9.30 Å². The van der Waals surface area contributed by atoms with Crippen LogP contribution in [0.5, 0.6) is 0 Å². The maximum atomic E-state index is 12.7. The zero-order valence-corrected chi connectivity index (χ0v) is 15.5. The van der Waals surface area contributed by atoms with E-state index in [1.807, 2.05) is 18.3 Å². The predicted octanol–water partition coefficient (Wildman–Crippen LogP) is 2.60. The molecule has 2 aromatic rings. The molecule has 0 aliphatic carbocycles. The van der Waals surface area contributed by atoms with Gasteiger partial charge in [-0.25, -0.2) is 13.4 Å². The topological polar surface area (TPSA) is 57.9 Å². The van der Waals surface area contributed by atoms with Gasteiger partial charge in [0.15, 0.2) is 0 Å². The molecular formula is C17H21F3N4O2S. The standard InChI is InChI=1S/C17H21F3N4O2S/c18-17(19,20)27(25,26)23-8-5-13(6-9-23)4-7-22-11-14-2-1-3-16-21-10-15(12-22)24(14)16/h1-3,10,13H,4-9,11-12H2. The second-order valence-electron chi connectivity index (χ2n) is 7.25. The molecule has 10 heteroatoms. The Hall–Kier alpha value is -1.65. The van der Waals surface area contributed by atoms with Crippen LogP contribution in [0, 0.1) is 5.92 Å². The maximum absolute atomic E-state index is 12.7. The number of hydrogen-bond acceptors (Lipinski definition) is 4. The van der Waals surface area contributed by atoms with E-state index in [0.29, 0.717) is 17.1 Å². The van der Waals surface area contributed by atoms with Crippen molar-refractivity contribution in [1.29, 1.82) is 0 Å². The summed E-state index contributed by atoms with van der Waals surface area (Å²) in [5.41, 5.74) is -1.95. The SMILES string of the molecule is O=S(=O)(N1CCC(CCN2Cc3cccc4ncc(n34)C2)CC1)C(F)(F)F. The van der Waals surface area contributed by atoms with E-state index >= 15 is 0 Å². The minimum absolute atomic E-state index is 0.0570. The third kappa shape index (κ3) is 3.45. The van der Waals surface area contributed by atoms with Crippen LogP contribution >= 0.6 is 0 Å². The summed E-state index contributed by atoms with van der Waals surface area (Å²) in [7, 11) is -5.19. The molecule has 0 atom stereocenters. The highest BCUT2D eigenvalue weighted by atomic mass is 32.2. The van der Waals surface area contributed by atoms with Crippen molar-refractivity contribution in [3.05, 3.63) is 35.8 Å². The third-order valence-electron chi connectivity index (χ3n) is 5.51. The van der Waals surface area contributed by atoms with Gasteiger partial charge in [-0.15, -0.1) is 0 Å². The highest BCUT2D eigenvalue weighted by molar-refractivity contribution is 7.90. The second-order valence-corrected chi connectivity index (χ2v) is 9.18. The Morgan fingerprint density at radius 1 is 1.11 bits per heavy atom. The molecule has 2 aliphatic heterocycles. The first-order valence-electron chi connectivity index (χ1n) is 8.99. The van der Waals surface area contributed by atoms with Gasteiger partial charge in [0.1, 0.15) is 5.65 Å². The van der Waals surface area contributed by atoms with Gasteiger partial charge in [-0.05, 0) is 43.9 Å². The van der Waals surface area contributed by atoms with E-state index in [-0.39, 0.29) is 19.0 Å². The monoisotopic (exact) mass is 402 g/mol. The summed E-state index contributed by atoms with van der Waals surface area (Å²) < 4.78 is 63.7. The Morgan fingerprint density at radius 2 is 1.81 bits per heavy atom. The highest BCUT2D eigenvalue weighted by Crippen LogP contribution is 2.31. The largest absolute Gasteiger partial charge is 0.511 e. The molecule has 0 bridgehead atoms. The van der Waals surface area contributed by atoms with Gasteiger partial charge < -0.3 is 0 Å². The van der Waals surface area contributed by atoms with E-state index in [1.165, 1.54) is 5.69 Å². The van der Waals surface area contributed by atoms with Crippen LogP contribution < -0.4 is 0 Å². The van der Waals surface area contributed by atoms with Crippen LogP contribution in [0.25, 0.3) is 5.65 Å². The van der Waals surface area contributed by atoms with Crippen molar-refractivity contribution in [2.24, 2.45) is 5.92 Å². The lowest BCUT2D eigenvalue weighted by Crippen LogP contribution is -2.45. The molecule has 2 aromatic heterocycles. The number of nitrogens with zero attached hydrogens (tertiary/aromatic N) is 4. The maximum Gasteiger partial charge on any atom is 0.511 e. The van der Waals surface area contributed by atoms with Crippen molar-refractivity contribution in [2.75, 3.05) is 19.6 Å². The van der Waals surface area contributed by atoms with E-state index in [1.54, 1.807) is 0 Å². The quantitative estimate of drug-likeness (QED) is 0.789. The number of aromatic nitrogens is 2. The van der Waals surface area contributed by atoms with Crippen molar-refractivity contribution in [1.82, 2.24) is 18.6 Å². The van der Waals surface area contributed by atoms with Crippen molar-refractivity contribution >= 4 is 15.7 Å². The first-order chi connectivity index (χ1) is 12.8. The summed E-state index contributed by atoms with van der Waals surface area (Å²) in [5, 5.41) is 0. The predicted molar refractivity (Wildman–Crippen MR) is 93.2 cm³/mol. The minimum atomic E-state index is -5.21. The average molecular weight is 402 g/mol. The smallest absolute Gasteiger partial charge is 0.298 e. The first-order valence-corrected chi connectivity index (χ1v) is 10.4. The number of pyridine rings is 1. The van der Waals surface area contributed by atoms with E-state index in [2.05, 4.69) is 20.4 Å². The second kappa shape index (κ2) is 6.75. The number of rotatable bonds is 4. The zero-order valence-electron chi connectivity index (χ0n) is 14.7. The van der Waals surface area contributed by atoms with Crippen molar-refractivity contribution in [3.8, 4) is 0 Å². The third-order valence-corrected chi connectivity index (χ3v) is 7.14. The molecule has 0 N–H and O–H groups in total. The van der Waals surface area contributed by atoms with Gasteiger partial charge in [0, 0.05) is 31.9 Å². The Balaban J connectivity index is 1.31. The summed E-state index contributed by atoms with van der Waals surface area (Å²) >= 11 is 0. The van der Waals surface area contributed by atoms with Crippen molar-refractivity contribution in [3.63, 3.8) is 0 Å². The lowest BCUT2D eigenvalue weighted by atomic mass is 9.94. The summed E-state index contributed by atoms with van der Waals surface area (Å²) in [6.45, 7) is 2.32. The van der Waals surface area contributed by atoms with E-state index < -0.39 is 15.5 Å². The van der Waals surface area contributed by atoms with Gasteiger partial charge in [-0.1, -0.05) is 6.07 Å². The van der Waals surface area contributed by atoms with Crippen molar-refractivity contribution < 1.29 is 21.6 Å². The number of piperidine rings is 1. The Labute approximate surface area is 155 Å². The fourth-order valence-electron chi connectivity index (χ4n) is 4.03. The average Bonchev–Trinajstić information content (AvgIpc) is 3.04. The zero-order chi connectivity index (χ0) is 19.2. The minimum Gasteiger partial charge on any atom is -0.298 e. The van der Waals surface area contributed by atoms with Crippen LogP contribution in [-0.4, -0.2) is 52.2 Å². The van der Waals surface area contributed by atoms with E-state index in [4.69, 9.17) is 0 Å². The first kappa shape index (κ1) is 18.7. The number of hydrogen-bond donors (Lipinski definition) is 0. The molecule has 0 spiro atoms. The molecule has 0 unspecified atom stereocenters. The van der Waals surface area contributed by atoms with Crippen LogP contribution in [0.2, 0.25) is 0 Å². The summed E-state index contributed by atoms with van der Waals surface area (Å²) in [6, 6.07) is 6.04. The summed E-state index contributed by atoms with van der Waals surface area (Å²) in [4.78, 5) is 6.72. The molecule has 148 valence electrons. The number of sulfonamides is 1. The van der Waals surface area contributed by atoms with Crippen LogP contribution in [0.1, 0.15) is 30.7 Å². The highest BCUT2D eigenvalue weighted by Gasteiger charge is 2.50. The normalized spacial score (nSPS) is 20.4. The van der Waals surface area contributed by atoms with Gasteiger partial charge in [0.2, 0.25) is 0 Å². The lowest BCUT2D eigenvalue weighted by Gasteiger charge is -2.33. The summed E-state index contributed by atoms with van der Waals surface area (Å²) in [6.07, 6.45) is 3.67. The molecule has 27 heavy (non-hydrogen) atoms. The van der Waals surface area contributed by atoms with Gasteiger partial charge in [0.25, 0.3) is 0 Å². The van der Waals surface area contributed by atoms with E-state index in [0.717, 1.165) is 37.4 Å². The van der Waals surface area contributed by atoms with Crippen LogP contribution in [0.15, 0.2) is 24.4 Å². The molecule has 4 heterocycles.